The molecule has 1 rings (SSSR count). The van der Waals surface area contributed by atoms with Crippen molar-refractivity contribution in [1.29, 1.82) is 0 Å². The molecule has 0 aromatic carbocycles. The Morgan fingerprint density at radius 2 is 2.32 bits per heavy atom. The summed E-state index contributed by atoms with van der Waals surface area (Å²) in [5.74, 6) is -0.766. The van der Waals surface area contributed by atoms with Crippen LogP contribution >= 0.6 is 0 Å². The third-order valence-electron chi connectivity index (χ3n) is 2.44. The van der Waals surface area contributed by atoms with Crippen LogP contribution < -0.4 is 10.1 Å². The highest BCUT2D eigenvalue weighted by Crippen LogP contribution is 2.09. The normalized spacial score (nSPS) is 11.9. The van der Waals surface area contributed by atoms with Crippen molar-refractivity contribution in [1.82, 2.24) is 10.5 Å². The van der Waals surface area contributed by atoms with Crippen molar-refractivity contribution in [3.63, 3.8) is 0 Å². The highest BCUT2D eigenvalue weighted by atomic mass is 16.5. The van der Waals surface area contributed by atoms with E-state index in [-0.39, 0.29) is 12.5 Å². The van der Waals surface area contributed by atoms with Crippen LogP contribution in [0.1, 0.15) is 31.9 Å². The highest BCUT2D eigenvalue weighted by Gasteiger charge is 2.19. The molecule has 1 aromatic heterocycles. The molecule has 0 bridgehead atoms. The summed E-state index contributed by atoms with van der Waals surface area (Å²) in [7, 11) is 0. The SMILES string of the molecule is CCCC[C@H](NC(=O)COc1cc(C)on1)C(=O)O. The third kappa shape index (κ3) is 5.41. The quantitative estimate of drug-likeness (QED) is 0.734. The predicted molar refractivity (Wildman–Crippen MR) is 65.8 cm³/mol. The summed E-state index contributed by atoms with van der Waals surface area (Å²) in [6.45, 7) is 3.36. The number of ether oxygens (including phenoxy) is 1. The minimum absolute atomic E-state index is 0.202. The molecule has 106 valence electrons. The summed E-state index contributed by atoms with van der Waals surface area (Å²) < 4.78 is 9.83. The number of carbonyl (C=O) groups excluding carboxylic acids is 1. The van der Waals surface area contributed by atoms with Crippen LogP contribution in [0.5, 0.6) is 5.88 Å². The van der Waals surface area contributed by atoms with E-state index in [9.17, 15) is 9.59 Å². The molecule has 1 amide bonds. The van der Waals surface area contributed by atoms with Gasteiger partial charge in [-0.25, -0.2) is 4.79 Å². The molecule has 0 unspecified atom stereocenters. The van der Waals surface area contributed by atoms with Crippen LogP contribution in [0.4, 0.5) is 0 Å². The fourth-order valence-electron chi connectivity index (χ4n) is 1.45. The van der Waals surface area contributed by atoms with E-state index in [1.165, 1.54) is 0 Å². The molecule has 7 heteroatoms. The number of aryl methyl sites for hydroxylation is 1. The van der Waals surface area contributed by atoms with Gasteiger partial charge in [-0.05, 0) is 18.5 Å². The number of aliphatic carboxylic acids is 1. The zero-order valence-electron chi connectivity index (χ0n) is 11.0. The molecule has 0 saturated carbocycles. The van der Waals surface area contributed by atoms with Gasteiger partial charge in [0.15, 0.2) is 6.61 Å². The van der Waals surface area contributed by atoms with E-state index in [2.05, 4.69) is 10.5 Å². The van der Waals surface area contributed by atoms with Crippen LogP contribution in [0.3, 0.4) is 0 Å². The smallest absolute Gasteiger partial charge is 0.326 e. The second-order valence-corrected chi connectivity index (χ2v) is 4.17. The zero-order valence-corrected chi connectivity index (χ0v) is 11.0. The van der Waals surface area contributed by atoms with Crippen molar-refractivity contribution in [2.75, 3.05) is 6.61 Å². The van der Waals surface area contributed by atoms with Crippen molar-refractivity contribution >= 4 is 11.9 Å². The van der Waals surface area contributed by atoms with Crippen LogP contribution in [0.2, 0.25) is 0 Å². The van der Waals surface area contributed by atoms with Crippen LogP contribution in [0.15, 0.2) is 10.6 Å². The Balaban J connectivity index is 2.37. The Kier molecular flexibility index (Phi) is 5.84. The first-order valence-corrected chi connectivity index (χ1v) is 6.11. The molecule has 1 aromatic rings. The van der Waals surface area contributed by atoms with Crippen molar-refractivity contribution < 1.29 is 24.0 Å². The number of rotatable bonds is 8. The van der Waals surface area contributed by atoms with Gasteiger partial charge in [-0.2, -0.15) is 0 Å². The number of carbonyl (C=O) groups is 2. The van der Waals surface area contributed by atoms with E-state index in [1.807, 2.05) is 6.92 Å². The van der Waals surface area contributed by atoms with Gasteiger partial charge in [0, 0.05) is 6.07 Å². The van der Waals surface area contributed by atoms with Crippen molar-refractivity contribution in [2.45, 2.75) is 39.2 Å². The fraction of sp³-hybridized carbons (Fsp3) is 0.583. The summed E-state index contributed by atoms with van der Waals surface area (Å²) >= 11 is 0. The predicted octanol–water partition coefficient (Wildman–Crippen LogP) is 1.12. The summed E-state index contributed by atoms with van der Waals surface area (Å²) in [6.07, 6.45) is 2.01. The minimum Gasteiger partial charge on any atom is -0.480 e. The lowest BCUT2D eigenvalue weighted by atomic mass is 10.1. The Morgan fingerprint density at radius 3 is 2.84 bits per heavy atom. The van der Waals surface area contributed by atoms with E-state index in [1.54, 1.807) is 13.0 Å². The number of carboxylic acids is 1. The Morgan fingerprint density at radius 1 is 1.58 bits per heavy atom. The summed E-state index contributed by atoms with van der Waals surface area (Å²) in [5.41, 5.74) is 0. The first kappa shape index (κ1) is 15.0. The van der Waals surface area contributed by atoms with Crippen LogP contribution in [0, 0.1) is 6.92 Å². The van der Waals surface area contributed by atoms with Gasteiger partial charge in [0.2, 0.25) is 0 Å². The second-order valence-electron chi connectivity index (χ2n) is 4.17. The lowest BCUT2D eigenvalue weighted by Crippen LogP contribution is -2.42. The molecule has 7 nitrogen and oxygen atoms in total. The van der Waals surface area contributed by atoms with Gasteiger partial charge in [-0.15, -0.1) is 0 Å². The van der Waals surface area contributed by atoms with Gasteiger partial charge in [0.05, 0.1) is 0 Å². The molecule has 0 aliphatic rings. The largest absolute Gasteiger partial charge is 0.480 e. The molecule has 0 spiro atoms. The van der Waals surface area contributed by atoms with Gasteiger partial charge >= 0.3 is 5.97 Å². The van der Waals surface area contributed by atoms with Crippen LogP contribution in [-0.4, -0.2) is 34.8 Å². The number of unbranched alkanes of at least 4 members (excludes halogenated alkanes) is 1. The fourth-order valence-corrected chi connectivity index (χ4v) is 1.45. The molecular formula is C12H18N2O5. The minimum atomic E-state index is -1.04. The zero-order chi connectivity index (χ0) is 14.3. The van der Waals surface area contributed by atoms with E-state index in [4.69, 9.17) is 14.4 Å². The van der Waals surface area contributed by atoms with Crippen molar-refractivity contribution in [3.8, 4) is 5.88 Å². The summed E-state index contributed by atoms with van der Waals surface area (Å²) in [6, 6.07) is 0.661. The van der Waals surface area contributed by atoms with Crippen molar-refractivity contribution in [3.05, 3.63) is 11.8 Å². The molecule has 0 fully saturated rings. The van der Waals surface area contributed by atoms with E-state index in [0.29, 0.717) is 12.2 Å². The molecule has 0 aliphatic carbocycles. The van der Waals surface area contributed by atoms with Gasteiger partial charge < -0.3 is 19.7 Å². The summed E-state index contributed by atoms with van der Waals surface area (Å²) in [5, 5.41) is 14.9. The molecule has 1 atom stereocenters. The second kappa shape index (κ2) is 7.40. The first-order chi connectivity index (χ1) is 9.02. The van der Waals surface area contributed by atoms with Gasteiger partial charge in [0.25, 0.3) is 11.8 Å². The number of hydrogen-bond acceptors (Lipinski definition) is 5. The van der Waals surface area contributed by atoms with Crippen LogP contribution in [0.25, 0.3) is 0 Å². The average Bonchev–Trinajstić information content (AvgIpc) is 2.77. The van der Waals surface area contributed by atoms with Gasteiger partial charge in [-0.1, -0.05) is 19.8 Å². The Hall–Kier alpha value is -2.05. The Labute approximate surface area is 110 Å². The van der Waals surface area contributed by atoms with E-state index in [0.717, 1.165) is 12.8 Å². The van der Waals surface area contributed by atoms with Crippen molar-refractivity contribution in [2.24, 2.45) is 0 Å². The Bertz CT molecular complexity index is 430. The standard InChI is InChI=1S/C12H18N2O5/c1-3-4-5-9(12(16)17)13-10(15)7-18-11-6-8(2)19-14-11/h6,9H,3-5,7H2,1-2H3,(H,13,15)(H,16,17)/t9-/m0/s1. The number of aromatic nitrogens is 1. The highest BCUT2D eigenvalue weighted by molar-refractivity contribution is 5.84. The van der Waals surface area contributed by atoms with Gasteiger partial charge in [0.1, 0.15) is 11.8 Å². The number of amides is 1. The number of carboxylic acid groups (broad SMARTS) is 1. The lowest BCUT2D eigenvalue weighted by Gasteiger charge is -2.13. The first-order valence-electron chi connectivity index (χ1n) is 6.11. The molecular weight excluding hydrogens is 252 g/mol. The number of nitrogens with zero attached hydrogens (tertiary/aromatic N) is 1. The van der Waals surface area contributed by atoms with Crippen LogP contribution in [-0.2, 0) is 9.59 Å². The maximum absolute atomic E-state index is 11.5. The molecule has 0 radical (unpaired) electrons. The maximum atomic E-state index is 11.5. The molecule has 0 saturated heterocycles. The monoisotopic (exact) mass is 270 g/mol. The van der Waals surface area contributed by atoms with E-state index >= 15 is 0 Å². The molecule has 0 aliphatic heterocycles. The third-order valence-corrected chi connectivity index (χ3v) is 2.44. The topological polar surface area (TPSA) is 102 Å². The molecule has 2 N–H and O–H groups in total. The van der Waals surface area contributed by atoms with E-state index < -0.39 is 17.9 Å². The number of nitrogens with one attached hydrogen (secondary N) is 1. The molecule has 1 heterocycles. The summed E-state index contributed by atoms with van der Waals surface area (Å²) in [4.78, 5) is 22.5. The lowest BCUT2D eigenvalue weighted by molar-refractivity contribution is -0.142. The average molecular weight is 270 g/mol. The van der Waals surface area contributed by atoms with Gasteiger partial charge in [-0.3, -0.25) is 4.79 Å². The number of hydrogen-bond donors (Lipinski definition) is 2. The molecule has 19 heavy (non-hydrogen) atoms. The maximum Gasteiger partial charge on any atom is 0.326 e.